The van der Waals surface area contributed by atoms with Crippen molar-refractivity contribution in [2.75, 3.05) is 0 Å². The predicted molar refractivity (Wildman–Crippen MR) is 90.8 cm³/mol. The van der Waals surface area contributed by atoms with Crippen LogP contribution >= 0.6 is 0 Å². The molecule has 126 valence electrons. The van der Waals surface area contributed by atoms with Gasteiger partial charge in [0, 0.05) is 5.56 Å². The van der Waals surface area contributed by atoms with E-state index in [1.807, 2.05) is 26.0 Å². The molecule has 2 aromatic carbocycles. The Labute approximate surface area is 141 Å². The predicted octanol–water partition coefficient (Wildman–Crippen LogP) is 2.73. The lowest BCUT2D eigenvalue weighted by molar-refractivity contribution is -0.142. The number of nitrogens with one attached hydrogen (secondary N) is 1. The number of aliphatic hydroxyl groups is 1. The summed E-state index contributed by atoms with van der Waals surface area (Å²) in [5.41, 5.74) is 1.87. The van der Waals surface area contributed by atoms with Gasteiger partial charge in [0.1, 0.15) is 6.10 Å². The SMILES string of the molecule is CC(C)c1ccc(C(=O)NC(C(=O)O)C(O)c2ccccc2)cc1. The van der Waals surface area contributed by atoms with Crippen LogP contribution in [0.25, 0.3) is 0 Å². The first-order chi connectivity index (χ1) is 11.4. The Hall–Kier alpha value is -2.66. The van der Waals surface area contributed by atoms with Crippen LogP contribution in [0.15, 0.2) is 54.6 Å². The molecule has 0 heterocycles. The number of hydrogen-bond donors (Lipinski definition) is 3. The van der Waals surface area contributed by atoms with Crippen LogP contribution in [0.3, 0.4) is 0 Å². The van der Waals surface area contributed by atoms with E-state index in [-0.39, 0.29) is 0 Å². The van der Waals surface area contributed by atoms with Gasteiger partial charge < -0.3 is 15.5 Å². The zero-order valence-corrected chi connectivity index (χ0v) is 13.6. The molecular weight excluding hydrogens is 306 g/mol. The lowest BCUT2D eigenvalue weighted by Crippen LogP contribution is -2.45. The van der Waals surface area contributed by atoms with Gasteiger partial charge in [0.25, 0.3) is 5.91 Å². The van der Waals surface area contributed by atoms with Crippen molar-refractivity contribution in [3.8, 4) is 0 Å². The van der Waals surface area contributed by atoms with Gasteiger partial charge in [0.05, 0.1) is 0 Å². The first-order valence-electron chi connectivity index (χ1n) is 7.76. The number of carboxylic acids is 1. The van der Waals surface area contributed by atoms with Crippen molar-refractivity contribution in [1.29, 1.82) is 0 Å². The average molecular weight is 327 g/mol. The molecule has 0 spiro atoms. The molecule has 0 saturated carbocycles. The number of rotatable bonds is 6. The summed E-state index contributed by atoms with van der Waals surface area (Å²) < 4.78 is 0. The maximum Gasteiger partial charge on any atom is 0.329 e. The molecule has 0 aliphatic rings. The van der Waals surface area contributed by atoms with Crippen LogP contribution in [0, 0.1) is 0 Å². The van der Waals surface area contributed by atoms with Gasteiger partial charge in [-0.3, -0.25) is 4.79 Å². The van der Waals surface area contributed by atoms with Crippen LogP contribution in [-0.2, 0) is 4.79 Å². The van der Waals surface area contributed by atoms with Crippen molar-refractivity contribution in [2.45, 2.75) is 31.9 Å². The second-order valence-electron chi connectivity index (χ2n) is 5.92. The number of amides is 1. The van der Waals surface area contributed by atoms with Crippen LogP contribution in [0.2, 0.25) is 0 Å². The van der Waals surface area contributed by atoms with E-state index in [1.54, 1.807) is 42.5 Å². The first kappa shape index (κ1) is 17.7. The largest absolute Gasteiger partial charge is 0.480 e. The van der Waals surface area contributed by atoms with Gasteiger partial charge in [-0.15, -0.1) is 0 Å². The maximum absolute atomic E-state index is 12.3. The highest BCUT2D eigenvalue weighted by Gasteiger charge is 2.29. The second kappa shape index (κ2) is 7.75. The summed E-state index contributed by atoms with van der Waals surface area (Å²) in [7, 11) is 0. The van der Waals surface area contributed by atoms with E-state index in [9.17, 15) is 19.8 Å². The quantitative estimate of drug-likeness (QED) is 0.761. The van der Waals surface area contributed by atoms with Gasteiger partial charge in [0.2, 0.25) is 0 Å². The number of benzene rings is 2. The molecule has 0 aliphatic heterocycles. The molecule has 3 N–H and O–H groups in total. The maximum atomic E-state index is 12.3. The molecule has 0 aliphatic carbocycles. The van der Waals surface area contributed by atoms with Crippen molar-refractivity contribution >= 4 is 11.9 Å². The van der Waals surface area contributed by atoms with Gasteiger partial charge in [-0.2, -0.15) is 0 Å². The summed E-state index contributed by atoms with van der Waals surface area (Å²) >= 11 is 0. The number of aliphatic hydroxyl groups excluding tert-OH is 1. The van der Waals surface area contributed by atoms with Gasteiger partial charge in [-0.25, -0.2) is 4.79 Å². The van der Waals surface area contributed by atoms with E-state index in [0.717, 1.165) is 5.56 Å². The van der Waals surface area contributed by atoms with Gasteiger partial charge in [0.15, 0.2) is 6.04 Å². The van der Waals surface area contributed by atoms with Crippen molar-refractivity contribution in [3.05, 3.63) is 71.3 Å². The highest BCUT2D eigenvalue weighted by Crippen LogP contribution is 2.18. The lowest BCUT2D eigenvalue weighted by Gasteiger charge is -2.21. The molecule has 0 fully saturated rings. The van der Waals surface area contributed by atoms with Crippen molar-refractivity contribution in [2.24, 2.45) is 0 Å². The van der Waals surface area contributed by atoms with Gasteiger partial charge in [-0.1, -0.05) is 56.3 Å². The van der Waals surface area contributed by atoms with Crippen LogP contribution in [0.4, 0.5) is 0 Å². The normalized spacial score (nSPS) is 13.3. The summed E-state index contributed by atoms with van der Waals surface area (Å²) in [4.78, 5) is 23.7. The zero-order chi connectivity index (χ0) is 17.7. The smallest absolute Gasteiger partial charge is 0.329 e. The lowest BCUT2D eigenvalue weighted by atomic mass is 10.0. The number of aliphatic carboxylic acids is 1. The minimum Gasteiger partial charge on any atom is -0.480 e. The third-order valence-electron chi connectivity index (χ3n) is 3.85. The van der Waals surface area contributed by atoms with Crippen molar-refractivity contribution in [3.63, 3.8) is 0 Å². The molecule has 24 heavy (non-hydrogen) atoms. The second-order valence-corrected chi connectivity index (χ2v) is 5.92. The third kappa shape index (κ3) is 4.20. The fourth-order valence-corrected chi connectivity index (χ4v) is 2.36. The topological polar surface area (TPSA) is 86.6 Å². The Kier molecular flexibility index (Phi) is 5.71. The van der Waals surface area contributed by atoms with Crippen LogP contribution < -0.4 is 5.32 Å². The standard InChI is InChI=1S/C19H21NO4/c1-12(2)13-8-10-15(11-9-13)18(22)20-16(19(23)24)17(21)14-6-4-3-5-7-14/h3-12,16-17,21H,1-2H3,(H,20,22)(H,23,24). The average Bonchev–Trinajstić information content (AvgIpc) is 2.59. The third-order valence-corrected chi connectivity index (χ3v) is 3.85. The molecule has 5 heteroatoms. The van der Waals surface area contributed by atoms with Gasteiger partial charge >= 0.3 is 5.97 Å². The Balaban J connectivity index is 2.15. The van der Waals surface area contributed by atoms with Crippen molar-refractivity contribution in [1.82, 2.24) is 5.32 Å². The first-order valence-corrected chi connectivity index (χ1v) is 7.76. The number of carbonyl (C=O) groups excluding carboxylic acids is 1. The summed E-state index contributed by atoms with van der Waals surface area (Å²) in [5, 5.41) is 22.0. The molecule has 2 aromatic rings. The number of carboxylic acid groups (broad SMARTS) is 1. The summed E-state index contributed by atoms with van der Waals surface area (Å²) in [6.07, 6.45) is -1.33. The molecule has 0 bridgehead atoms. The zero-order valence-electron chi connectivity index (χ0n) is 13.6. The van der Waals surface area contributed by atoms with Crippen LogP contribution in [-0.4, -0.2) is 28.1 Å². The fourth-order valence-electron chi connectivity index (χ4n) is 2.36. The molecule has 0 saturated heterocycles. The molecule has 2 rings (SSSR count). The van der Waals surface area contributed by atoms with E-state index in [2.05, 4.69) is 5.32 Å². The Bertz CT molecular complexity index is 695. The van der Waals surface area contributed by atoms with E-state index in [4.69, 9.17) is 0 Å². The summed E-state index contributed by atoms with van der Waals surface area (Å²) in [6.45, 7) is 4.09. The minimum atomic E-state index is -1.43. The van der Waals surface area contributed by atoms with E-state index < -0.39 is 24.0 Å². The van der Waals surface area contributed by atoms with E-state index in [0.29, 0.717) is 17.0 Å². The van der Waals surface area contributed by atoms with Gasteiger partial charge in [-0.05, 0) is 29.2 Å². The minimum absolute atomic E-state index is 0.341. The van der Waals surface area contributed by atoms with E-state index >= 15 is 0 Å². The van der Waals surface area contributed by atoms with E-state index in [1.165, 1.54) is 0 Å². The Morgan fingerprint density at radius 2 is 1.50 bits per heavy atom. The number of hydrogen-bond acceptors (Lipinski definition) is 3. The van der Waals surface area contributed by atoms with Crippen LogP contribution in [0.1, 0.15) is 47.4 Å². The molecule has 1 amide bonds. The highest BCUT2D eigenvalue weighted by molar-refractivity contribution is 5.96. The molecule has 2 atom stereocenters. The Morgan fingerprint density at radius 3 is 2.00 bits per heavy atom. The monoisotopic (exact) mass is 327 g/mol. The molecular formula is C19H21NO4. The Morgan fingerprint density at radius 1 is 0.917 bits per heavy atom. The summed E-state index contributed by atoms with van der Waals surface area (Å²) in [5.74, 6) is -1.49. The fraction of sp³-hybridized carbons (Fsp3) is 0.263. The summed E-state index contributed by atoms with van der Waals surface area (Å²) in [6, 6.07) is 13.9. The molecule has 0 aromatic heterocycles. The molecule has 5 nitrogen and oxygen atoms in total. The number of carbonyl (C=O) groups is 2. The highest BCUT2D eigenvalue weighted by atomic mass is 16.4. The molecule has 0 radical (unpaired) electrons. The van der Waals surface area contributed by atoms with Crippen LogP contribution in [0.5, 0.6) is 0 Å². The molecule has 2 unspecified atom stereocenters. The van der Waals surface area contributed by atoms with Crippen molar-refractivity contribution < 1.29 is 19.8 Å².